The number of hydrogen-bond acceptors (Lipinski definition) is 5. The van der Waals surface area contributed by atoms with Crippen LogP contribution in [-0.4, -0.2) is 57.3 Å². The summed E-state index contributed by atoms with van der Waals surface area (Å²) in [5.74, 6) is -0.589. The Morgan fingerprint density at radius 2 is 1.69 bits per heavy atom. The van der Waals surface area contributed by atoms with Gasteiger partial charge in [0.05, 0.1) is 17.2 Å². The first kappa shape index (κ1) is 20.8. The minimum atomic E-state index is -0.321. The van der Waals surface area contributed by atoms with Gasteiger partial charge in [0, 0.05) is 35.0 Å². The van der Waals surface area contributed by atoms with Crippen molar-refractivity contribution in [3.63, 3.8) is 0 Å². The van der Waals surface area contributed by atoms with E-state index in [0.29, 0.717) is 45.9 Å². The van der Waals surface area contributed by atoms with Crippen molar-refractivity contribution in [2.45, 2.75) is 45.6 Å². The van der Waals surface area contributed by atoms with Crippen LogP contribution in [0.25, 0.3) is 21.7 Å². The number of rotatable bonds is 7. The summed E-state index contributed by atoms with van der Waals surface area (Å²) >= 11 is 0. The fourth-order valence-electron chi connectivity index (χ4n) is 4.99. The van der Waals surface area contributed by atoms with Gasteiger partial charge in [-0.15, -0.1) is 0 Å². The molecule has 0 aliphatic carbocycles. The molecule has 2 aliphatic rings. The smallest absolute Gasteiger partial charge is 0.261 e. The van der Waals surface area contributed by atoms with E-state index in [1.54, 1.807) is 29.1 Å². The van der Waals surface area contributed by atoms with Crippen LogP contribution in [-0.2, 0) is 6.54 Å². The van der Waals surface area contributed by atoms with E-state index in [1.807, 2.05) is 13.0 Å². The first-order chi connectivity index (χ1) is 15.6. The summed E-state index contributed by atoms with van der Waals surface area (Å²) in [7, 11) is 0. The molecule has 7 nitrogen and oxygen atoms in total. The topological polar surface area (TPSA) is 75.5 Å². The molecule has 2 aromatic carbocycles. The summed E-state index contributed by atoms with van der Waals surface area (Å²) in [6, 6.07) is 7.05. The van der Waals surface area contributed by atoms with Crippen molar-refractivity contribution in [2.24, 2.45) is 0 Å². The van der Waals surface area contributed by atoms with Crippen LogP contribution in [0.15, 0.2) is 35.4 Å². The Bertz CT molecular complexity index is 1270. The number of fused-ring (bicyclic) bond motifs is 2. The van der Waals surface area contributed by atoms with Gasteiger partial charge in [-0.1, -0.05) is 25.5 Å². The Kier molecular flexibility index (Phi) is 5.51. The number of carbonyl (C=O) groups is 2. The highest BCUT2D eigenvalue weighted by Crippen LogP contribution is 2.33. The fourth-order valence-corrected chi connectivity index (χ4v) is 4.99. The highest BCUT2D eigenvalue weighted by atomic mass is 16.2. The highest BCUT2D eigenvalue weighted by Gasteiger charge is 2.33. The molecule has 2 amide bonds. The lowest BCUT2D eigenvalue weighted by molar-refractivity contribution is 0.0608. The molecular formula is C25H28N4O3. The molecule has 0 saturated carbocycles. The number of imide groups is 1. The Balaban J connectivity index is 1.57. The first-order valence-corrected chi connectivity index (χ1v) is 11.6. The standard InChI is InChI=1S/C25H28N4O3/c1-2-3-14-29-24(31)18-9-6-8-17-21(18)19(25(29)32)15-20-22(17)26-16-28(23(20)30)13-7-12-27-10-4-5-11-27/h6,8-9,15-16H,2-5,7,10-14H2,1H3. The molecule has 7 heteroatoms. The van der Waals surface area contributed by atoms with Gasteiger partial charge in [-0.2, -0.15) is 0 Å². The lowest BCUT2D eigenvalue weighted by atomic mass is 9.92. The van der Waals surface area contributed by atoms with Gasteiger partial charge in [0.25, 0.3) is 17.4 Å². The fraction of sp³-hybridized carbons (Fsp3) is 0.440. The number of hydrogen-bond donors (Lipinski definition) is 0. The number of aryl methyl sites for hydroxylation is 1. The average Bonchev–Trinajstić information content (AvgIpc) is 3.32. The van der Waals surface area contributed by atoms with Crippen molar-refractivity contribution < 1.29 is 9.59 Å². The number of amides is 2. The third-order valence-corrected chi connectivity index (χ3v) is 6.71. The second kappa shape index (κ2) is 8.47. The van der Waals surface area contributed by atoms with E-state index in [9.17, 15) is 14.4 Å². The third-order valence-electron chi connectivity index (χ3n) is 6.71. The zero-order valence-corrected chi connectivity index (χ0v) is 18.5. The molecule has 3 aromatic rings. The Labute approximate surface area is 186 Å². The van der Waals surface area contributed by atoms with E-state index in [1.165, 1.54) is 17.7 Å². The number of unbranched alkanes of at least 4 members (excludes halogenated alkanes) is 1. The molecule has 1 saturated heterocycles. The van der Waals surface area contributed by atoms with E-state index in [-0.39, 0.29) is 17.4 Å². The van der Waals surface area contributed by atoms with Crippen molar-refractivity contribution >= 4 is 33.5 Å². The lowest BCUT2D eigenvalue weighted by Crippen LogP contribution is -2.41. The second-order valence-corrected chi connectivity index (χ2v) is 8.81. The van der Waals surface area contributed by atoms with E-state index in [4.69, 9.17) is 0 Å². The van der Waals surface area contributed by atoms with E-state index in [2.05, 4.69) is 9.88 Å². The van der Waals surface area contributed by atoms with E-state index < -0.39 is 0 Å². The minimum absolute atomic E-state index is 0.134. The molecule has 166 valence electrons. The third kappa shape index (κ3) is 3.41. The predicted molar refractivity (Wildman–Crippen MR) is 124 cm³/mol. The summed E-state index contributed by atoms with van der Waals surface area (Å²) in [6.45, 7) is 6.26. The molecule has 0 spiro atoms. The molecule has 0 atom stereocenters. The van der Waals surface area contributed by atoms with E-state index in [0.717, 1.165) is 38.9 Å². The molecule has 1 aromatic heterocycles. The molecule has 5 rings (SSSR count). The van der Waals surface area contributed by atoms with Crippen LogP contribution in [0.2, 0.25) is 0 Å². The van der Waals surface area contributed by atoms with Crippen LogP contribution in [0.3, 0.4) is 0 Å². The average molecular weight is 433 g/mol. The Hall–Kier alpha value is -3.06. The van der Waals surface area contributed by atoms with Crippen LogP contribution in [0.4, 0.5) is 0 Å². The van der Waals surface area contributed by atoms with Gasteiger partial charge in [0.1, 0.15) is 0 Å². The zero-order valence-electron chi connectivity index (χ0n) is 18.5. The van der Waals surface area contributed by atoms with Crippen molar-refractivity contribution in [1.82, 2.24) is 19.4 Å². The van der Waals surface area contributed by atoms with Gasteiger partial charge in [0.15, 0.2) is 0 Å². The number of carbonyl (C=O) groups excluding carboxylic acids is 2. The van der Waals surface area contributed by atoms with Crippen LogP contribution in [0.1, 0.15) is 59.7 Å². The minimum Gasteiger partial charge on any atom is -0.303 e. The van der Waals surface area contributed by atoms with Gasteiger partial charge in [-0.05, 0) is 57.5 Å². The summed E-state index contributed by atoms with van der Waals surface area (Å²) in [6.07, 6.45) is 6.63. The van der Waals surface area contributed by atoms with Crippen LogP contribution < -0.4 is 5.56 Å². The van der Waals surface area contributed by atoms with Gasteiger partial charge in [-0.3, -0.25) is 23.9 Å². The molecular weight excluding hydrogens is 404 g/mol. The maximum absolute atomic E-state index is 13.3. The summed E-state index contributed by atoms with van der Waals surface area (Å²) in [5.41, 5.74) is 1.35. The largest absolute Gasteiger partial charge is 0.303 e. The number of likely N-dealkylation sites (tertiary alicyclic amines) is 1. The second-order valence-electron chi connectivity index (χ2n) is 8.81. The van der Waals surface area contributed by atoms with Crippen LogP contribution >= 0.6 is 0 Å². The van der Waals surface area contributed by atoms with Crippen molar-refractivity contribution in [2.75, 3.05) is 26.2 Å². The summed E-state index contributed by atoms with van der Waals surface area (Å²) in [5, 5.41) is 1.74. The highest BCUT2D eigenvalue weighted by molar-refractivity contribution is 6.28. The van der Waals surface area contributed by atoms with Gasteiger partial charge in [-0.25, -0.2) is 4.98 Å². The molecule has 1 fully saturated rings. The van der Waals surface area contributed by atoms with Crippen molar-refractivity contribution in [3.8, 4) is 0 Å². The molecule has 0 bridgehead atoms. The molecule has 0 N–H and O–H groups in total. The quantitative estimate of drug-likeness (QED) is 0.422. The van der Waals surface area contributed by atoms with Crippen molar-refractivity contribution in [1.29, 1.82) is 0 Å². The SMILES string of the molecule is CCCCN1C(=O)c2cccc3c2c(cc2c(=O)n(CCCN4CCCC4)cnc23)C1=O. The summed E-state index contributed by atoms with van der Waals surface area (Å²) < 4.78 is 1.65. The lowest BCUT2D eigenvalue weighted by Gasteiger charge is -2.27. The van der Waals surface area contributed by atoms with E-state index >= 15 is 0 Å². The Morgan fingerprint density at radius 1 is 0.906 bits per heavy atom. The molecule has 0 unspecified atom stereocenters. The van der Waals surface area contributed by atoms with Gasteiger partial charge in [0.2, 0.25) is 0 Å². The van der Waals surface area contributed by atoms with Gasteiger partial charge >= 0.3 is 0 Å². The molecule has 32 heavy (non-hydrogen) atoms. The molecule has 3 heterocycles. The maximum atomic E-state index is 13.3. The first-order valence-electron chi connectivity index (χ1n) is 11.6. The summed E-state index contributed by atoms with van der Waals surface area (Å²) in [4.78, 5) is 47.9. The van der Waals surface area contributed by atoms with Crippen LogP contribution in [0, 0.1) is 0 Å². The molecule has 2 aliphatic heterocycles. The van der Waals surface area contributed by atoms with Crippen molar-refractivity contribution in [3.05, 3.63) is 52.1 Å². The number of aromatic nitrogens is 2. The molecule has 0 radical (unpaired) electrons. The van der Waals surface area contributed by atoms with Gasteiger partial charge < -0.3 is 4.90 Å². The monoisotopic (exact) mass is 432 g/mol. The number of nitrogens with zero attached hydrogens (tertiary/aromatic N) is 4. The van der Waals surface area contributed by atoms with Crippen LogP contribution in [0.5, 0.6) is 0 Å². The number of benzene rings is 2. The maximum Gasteiger partial charge on any atom is 0.261 e. The predicted octanol–water partition coefficient (Wildman–Crippen LogP) is 3.43. The zero-order chi connectivity index (χ0) is 22.2. The normalized spacial score (nSPS) is 16.6. The Morgan fingerprint density at radius 3 is 2.47 bits per heavy atom.